The minimum absolute atomic E-state index is 0.212. The normalized spacial score (nSPS) is 12.9. The second-order valence-corrected chi connectivity index (χ2v) is 4.83. The molecule has 0 aliphatic heterocycles. The highest BCUT2D eigenvalue weighted by atomic mass is 35.5. The molecule has 0 heterocycles. The van der Waals surface area contributed by atoms with E-state index in [2.05, 4.69) is 5.32 Å². The molecule has 1 unspecified atom stereocenters. The third kappa shape index (κ3) is 4.15. The van der Waals surface area contributed by atoms with Crippen molar-refractivity contribution in [3.63, 3.8) is 0 Å². The van der Waals surface area contributed by atoms with Crippen LogP contribution in [-0.2, 0) is 0 Å². The molecule has 0 fully saturated rings. The maximum atomic E-state index is 10.8. The topological polar surface area (TPSA) is 64.3 Å². The monoisotopic (exact) mass is 256 g/mol. The van der Waals surface area contributed by atoms with Gasteiger partial charge in [-0.2, -0.15) is 0 Å². The predicted octanol–water partition coefficient (Wildman–Crippen LogP) is 2.55. The Morgan fingerprint density at radius 3 is 2.41 bits per heavy atom. The molecule has 0 aromatic heterocycles. The summed E-state index contributed by atoms with van der Waals surface area (Å²) in [4.78, 5) is 10.8. The van der Waals surface area contributed by atoms with Gasteiger partial charge in [-0.05, 0) is 45.0 Å². The number of primary amides is 1. The molecule has 2 amide bonds. The molecule has 0 saturated heterocycles. The number of hydrogen-bond donors (Lipinski definition) is 2. The van der Waals surface area contributed by atoms with Gasteiger partial charge in [0.15, 0.2) is 0 Å². The number of hydrogen-bond acceptors (Lipinski definition) is 2. The van der Waals surface area contributed by atoms with Crippen LogP contribution in [0, 0.1) is 0 Å². The van der Waals surface area contributed by atoms with E-state index in [4.69, 9.17) is 22.1 Å². The molecule has 1 aromatic carbocycles. The highest BCUT2D eigenvalue weighted by molar-refractivity contribution is 6.30. The molecule has 1 atom stereocenters. The molecule has 94 valence electrons. The van der Waals surface area contributed by atoms with Crippen LogP contribution in [0.15, 0.2) is 24.3 Å². The fourth-order valence-electron chi connectivity index (χ4n) is 1.28. The standard InChI is InChI=1S/C12H17ClN2O2/c1-8(15-11(14)16)12(2,3)17-10-6-4-9(13)5-7-10/h4-8H,1-3H3,(H3,14,15,16). The molecular formula is C12H17ClN2O2. The molecule has 0 radical (unpaired) electrons. The molecule has 1 rings (SSSR count). The van der Waals surface area contributed by atoms with Gasteiger partial charge in [0.1, 0.15) is 11.4 Å². The van der Waals surface area contributed by atoms with Gasteiger partial charge in [-0.1, -0.05) is 11.6 Å². The number of benzene rings is 1. The van der Waals surface area contributed by atoms with E-state index in [9.17, 15) is 4.79 Å². The van der Waals surface area contributed by atoms with Gasteiger partial charge in [0.05, 0.1) is 6.04 Å². The van der Waals surface area contributed by atoms with Crippen molar-refractivity contribution in [2.45, 2.75) is 32.4 Å². The van der Waals surface area contributed by atoms with Crippen LogP contribution in [0.5, 0.6) is 5.75 Å². The second-order valence-electron chi connectivity index (χ2n) is 4.39. The Morgan fingerprint density at radius 1 is 1.41 bits per heavy atom. The number of carbonyl (C=O) groups is 1. The number of nitrogens with two attached hydrogens (primary N) is 1. The molecule has 0 spiro atoms. The van der Waals surface area contributed by atoms with Crippen LogP contribution < -0.4 is 15.8 Å². The van der Waals surface area contributed by atoms with Gasteiger partial charge in [0, 0.05) is 5.02 Å². The summed E-state index contributed by atoms with van der Waals surface area (Å²) in [5.41, 5.74) is 4.51. The first kappa shape index (κ1) is 13.6. The van der Waals surface area contributed by atoms with Crippen LogP contribution in [0.4, 0.5) is 4.79 Å². The molecule has 1 aromatic rings. The van der Waals surface area contributed by atoms with E-state index >= 15 is 0 Å². The average molecular weight is 257 g/mol. The van der Waals surface area contributed by atoms with Gasteiger partial charge in [-0.3, -0.25) is 0 Å². The maximum absolute atomic E-state index is 10.8. The van der Waals surface area contributed by atoms with Crippen LogP contribution in [0.2, 0.25) is 5.02 Å². The zero-order valence-electron chi connectivity index (χ0n) is 10.2. The number of amides is 2. The first-order chi connectivity index (χ1) is 7.81. The van der Waals surface area contributed by atoms with Gasteiger partial charge in [0.2, 0.25) is 0 Å². The minimum Gasteiger partial charge on any atom is -0.486 e. The Labute approximate surface area is 106 Å². The van der Waals surface area contributed by atoms with Crippen LogP contribution >= 0.6 is 11.6 Å². The molecule has 0 aliphatic rings. The Kier molecular flexibility index (Phi) is 4.23. The molecule has 5 heteroatoms. The van der Waals surface area contributed by atoms with E-state index in [1.807, 2.05) is 20.8 Å². The van der Waals surface area contributed by atoms with Crippen molar-refractivity contribution in [2.75, 3.05) is 0 Å². The lowest BCUT2D eigenvalue weighted by Crippen LogP contribution is -2.52. The van der Waals surface area contributed by atoms with Crippen molar-refractivity contribution in [2.24, 2.45) is 5.73 Å². The molecule has 4 nitrogen and oxygen atoms in total. The van der Waals surface area contributed by atoms with Gasteiger partial charge < -0.3 is 15.8 Å². The largest absolute Gasteiger partial charge is 0.486 e. The molecule has 0 bridgehead atoms. The average Bonchev–Trinajstić information content (AvgIpc) is 2.20. The SMILES string of the molecule is CC(NC(N)=O)C(C)(C)Oc1ccc(Cl)cc1. The van der Waals surface area contributed by atoms with Crippen molar-refractivity contribution in [1.82, 2.24) is 5.32 Å². The molecule has 17 heavy (non-hydrogen) atoms. The zero-order chi connectivity index (χ0) is 13.1. The lowest BCUT2D eigenvalue weighted by atomic mass is 10.0. The third-order valence-corrected chi connectivity index (χ3v) is 2.85. The highest BCUT2D eigenvalue weighted by Crippen LogP contribution is 2.22. The molecular weight excluding hydrogens is 240 g/mol. The molecule has 0 saturated carbocycles. The summed E-state index contributed by atoms with van der Waals surface area (Å²) in [6, 6.07) is 6.28. The Morgan fingerprint density at radius 2 is 1.94 bits per heavy atom. The van der Waals surface area contributed by atoms with Crippen molar-refractivity contribution < 1.29 is 9.53 Å². The van der Waals surface area contributed by atoms with Crippen LogP contribution in [0.3, 0.4) is 0 Å². The first-order valence-electron chi connectivity index (χ1n) is 5.32. The number of carbonyl (C=O) groups excluding carboxylic acids is 1. The summed E-state index contributed by atoms with van der Waals surface area (Å²) in [6.07, 6.45) is 0. The first-order valence-corrected chi connectivity index (χ1v) is 5.69. The number of rotatable bonds is 4. The highest BCUT2D eigenvalue weighted by Gasteiger charge is 2.28. The number of nitrogens with one attached hydrogen (secondary N) is 1. The van der Waals surface area contributed by atoms with Gasteiger partial charge in [0.25, 0.3) is 0 Å². The van der Waals surface area contributed by atoms with E-state index in [0.717, 1.165) is 0 Å². The van der Waals surface area contributed by atoms with Crippen molar-refractivity contribution in [3.05, 3.63) is 29.3 Å². The van der Waals surface area contributed by atoms with Crippen molar-refractivity contribution in [3.8, 4) is 5.75 Å². The van der Waals surface area contributed by atoms with Crippen molar-refractivity contribution >= 4 is 17.6 Å². The lowest BCUT2D eigenvalue weighted by molar-refractivity contribution is 0.0751. The quantitative estimate of drug-likeness (QED) is 0.870. The fraction of sp³-hybridized carbons (Fsp3) is 0.417. The fourth-order valence-corrected chi connectivity index (χ4v) is 1.41. The Balaban J connectivity index is 2.71. The maximum Gasteiger partial charge on any atom is 0.312 e. The smallest absolute Gasteiger partial charge is 0.312 e. The van der Waals surface area contributed by atoms with Gasteiger partial charge in [-0.15, -0.1) is 0 Å². The summed E-state index contributed by atoms with van der Waals surface area (Å²) < 4.78 is 5.79. The number of ether oxygens (including phenoxy) is 1. The molecule has 0 aliphatic carbocycles. The van der Waals surface area contributed by atoms with Crippen LogP contribution in [0.1, 0.15) is 20.8 Å². The minimum atomic E-state index is -0.567. The summed E-state index contributed by atoms with van der Waals surface area (Å²) in [7, 11) is 0. The zero-order valence-corrected chi connectivity index (χ0v) is 10.9. The summed E-state index contributed by atoms with van der Waals surface area (Å²) in [5.74, 6) is 0.692. The van der Waals surface area contributed by atoms with Gasteiger partial charge >= 0.3 is 6.03 Å². The van der Waals surface area contributed by atoms with Gasteiger partial charge in [-0.25, -0.2) is 4.79 Å². The summed E-state index contributed by atoms with van der Waals surface area (Å²) >= 11 is 5.79. The molecule has 3 N–H and O–H groups in total. The van der Waals surface area contributed by atoms with Crippen LogP contribution in [0.25, 0.3) is 0 Å². The predicted molar refractivity (Wildman–Crippen MR) is 68.3 cm³/mol. The van der Waals surface area contributed by atoms with E-state index in [1.165, 1.54) is 0 Å². The van der Waals surface area contributed by atoms with E-state index in [-0.39, 0.29) is 6.04 Å². The third-order valence-electron chi connectivity index (χ3n) is 2.60. The number of urea groups is 1. The van der Waals surface area contributed by atoms with E-state index < -0.39 is 11.6 Å². The van der Waals surface area contributed by atoms with E-state index in [1.54, 1.807) is 24.3 Å². The van der Waals surface area contributed by atoms with E-state index in [0.29, 0.717) is 10.8 Å². The van der Waals surface area contributed by atoms with Crippen molar-refractivity contribution in [1.29, 1.82) is 0 Å². The Hall–Kier alpha value is -1.42. The summed E-state index contributed by atoms with van der Waals surface area (Å²) in [6.45, 7) is 5.59. The lowest BCUT2D eigenvalue weighted by Gasteiger charge is -2.32. The number of halogens is 1. The van der Waals surface area contributed by atoms with Crippen LogP contribution in [-0.4, -0.2) is 17.7 Å². The summed E-state index contributed by atoms with van der Waals surface area (Å²) in [5, 5.41) is 3.25. The Bertz CT molecular complexity index is 390. The second kappa shape index (κ2) is 5.27.